The number of aromatic nitrogens is 3. The molecule has 0 saturated carbocycles. The maximum Gasteiger partial charge on any atom is 0.249 e. The molecule has 7 nitrogen and oxygen atoms in total. The normalized spacial score (nSPS) is 10.9. The molecule has 31 heavy (non-hydrogen) atoms. The summed E-state index contributed by atoms with van der Waals surface area (Å²) in [4.78, 5) is 20.9. The number of amides is 1. The third kappa shape index (κ3) is 4.05. The van der Waals surface area contributed by atoms with E-state index in [2.05, 4.69) is 15.3 Å². The molecule has 0 unspecified atom stereocenters. The van der Waals surface area contributed by atoms with Crippen LogP contribution < -0.4 is 15.8 Å². The maximum absolute atomic E-state index is 14.2. The van der Waals surface area contributed by atoms with E-state index in [4.69, 9.17) is 10.5 Å². The zero-order chi connectivity index (χ0) is 22.0. The lowest BCUT2D eigenvalue weighted by Gasteiger charge is -2.14. The van der Waals surface area contributed by atoms with Crippen LogP contribution in [0.15, 0.2) is 54.7 Å². The lowest BCUT2D eigenvalue weighted by atomic mass is 10.1. The third-order valence-electron chi connectivity index (χ3n) is 4.88. The van der Waals surface area contributed by atoms with Crippen LogP contribution in [0.4, 0.5) is 10.2 Å². The average molecular weight is 419 g/mol. The van der Waals surface area contributed by atoms with Crippen LogP contribution >= 0.6 is 0 Å². The second-order valence-electron chi connectivity index (χ2n) is 7.03. The smallest absolute Gasteiger partial charge is 0.249 e. The molecule has 0 aliphatic heterocycles. The Hall–Kier alpha value is -3.94. The molecule has 158 valence electrons. The van der Waals surface area contributed by atoms with Gasteiger partial charge in [0.25, 0.3) is 0 Å². The van der Waals surface area contributed by atoms with Crippen molar-refractivity contribution in [2.75, 3.05) is 11.9 Å². The Kier molecular flexibility index (Phi) is 5.53. The highest BCUT2D eigenvalue weighted by atomic mass is 19.1. The molecule has 0 aliphatic carbocycles. The van der Waals surface area contributed by atoms with E-state index in [-0.39, 0.29) is 5.56 Å². The van der Waals surface area contributed by atoms with E-state index in [1.807, 2.05) is 44.2 Å². The zero-order valence-corrected chi connectivity index (χ0v) is 17.2. The van der Waals surface area contributed by atoms with Gasteiger partial charge in [-0.05, 0) is 37.6 Å². The van der Waals surface area contributed by atoms with Crippen molar-refractivity contribution in [1.29, 1.82) is 0 Å². The first-order valence-electron chi connectivity index (χ1n) is 9.87. The molecule has 4 aromatic rings. The highest BCUT2D eigenvalue weighted by molar-refractivity contribution is 6.06. The number of anilines is 1. The number of rotatable bonds is 7. The van der Waals surface area contributed by atoms with E-state index >= 15 is 0 Å². The predicted octanol–water partition coefficient (Wildman–Crippen LogP) is 3.98. The minimum atomic E-state index is -0.695. The van der Waals surface area contributed by atoms with Crippen LogP contribution in [0.2, 0.25) is 0 Å². The third-order valence-corrected chi connectivity index (χ3v) is 4.88. The standard InChI is InChI=1S/C23H22FN5O2/c1-3-31-20-13-27-23(28-22(20)26-12-15-7-5-4-6-8-15)29-14(2)9-17-18(21(25)30)10-16(24)11-19(17)29/h4-11,13H,3,12H2,1-2H3,(H2,25,30)(H,26,27,28). The molecule has 2 heterocycles. The second-order valence-corrected chi connectivity index (χ2v) is 7.03. The van der Waals surface area contributed by atoms with Crippen molar-refractivity contribution in [3.05, 3.63) is 77.4 Å². The van der Waals surface area contributed by atoms with Gasteiger partial charge in [0.1, 0.15) is 5.82 Å². The number of hydrogen-bond donors (Lipinski definition) is 2. The molecule has 0 aliphatic rings. The summed E-state index contributed by atoms with van der Waals surface area (Å²) in [7, 11) is 0. The Labute approximate surface area is 178 Å². The number of nitrogens with one attached hydrogen (secondary N) is 1. The molecule has 0 saturated heterocycles. The van der Waals surface area contributed by atoms with Crippen molar-refractivity contribution in [1.82, 2.24) is 14.5 Å². The highest BCUT2D eigenvalue weighted by Crippen LogP contribution is 2.29. The largest absolute Gasteiger partial charge is 0.488 e. The van der Waals surface area contributed by atoms with Gasteiger partial charge < -0.3 is 15.8 Å². The van der Waals surface area contributed by atoms with Crippen LogP contribution in [0.5, 0.6) is 5.75 Å². The van der Waals surface area contributed by atoms with E-state index in [0.717, 1.165) is 17.3 Å². The molecule has 8 heteroatoms. The van der Waals surface area contributed by atoms with Gasteiger partial charge in [0.15, 0.2) is 11.6 Å². The molecule has 0 spiro atoms. The first kappa shape index (κ1) is 20.3. The SMILES string of the molecule is CCOc1cnc(-n2c(C)cc3c(C(N)=O)cc(F)cc32)nc1NCc1ccccc1. The second kappa shape index (κ2) is 8.43. The van der Waals surface area contributed by atoms with Crippen molar-refractivity contribution in [3.63, 3.8) is 0 Å². The predicted molar refractivity (Wildman–Crippen MR) is 117 cm³/mol. The van der Waals surface area contributed by atoms with Crippen molar-refractivity contribution < 1.29 is 13.9 Å². The number of ether oxygens (including phenoxy) is 1. The van der Waals surface area contributed by atoms with E-state index in [1.165, 1.54) is 6.07 Å². The van der Waals surface area contributed by atoms with Crippen LogP contribution in [-0.4, -0.2) is 27.0 Å². The van der Waals surface area contributed by atoms with E-state index < -0.39 is 11.7 Å². The molecule has 1 amide bonds. The number of nitrogens with two attached hydrogens (primary N) is 1. The maximum atomic E-state index is 14.2. The average Bonchev–Trinajstić information content (AvgIpc) is 3.08. The fourth-order valence-corrected chi connectivity index (χ4v) is 3.51. The van der Waals surface area contributed by atoms with Crippen molar-refractivity contribution in [3.8, 4) is 11.7 Å². The van der Waals surface area contributed by atoms with E-state index in [9.17, 15) is 9.18 Å². The molecule has 4 rings (SSSR count). The number of carbonyl (C=O) groups is 1. The number of aryl methyl sites for hydroxylation is 1. The molecule has 0 radical (unpaired) electrons. The number of hydrogen-bond acceptors (Lipinski definition) is 5. The lowest BCUT2D eigenvalue weighted by molar-refractivity contribution is 0.100. The number of halogens is 1. The van der Waals surface area contributed by atoms with Crippen molar-refractivity contribution in [2.45, 2.75) is 20.4 Å². The summed E-state index contributed by atoms with van der Waals surface area (Å²) in [5.41, 5.74) is 7.85. The number of benzene rings is 2. The summed E-state index contributed by atoms with van der Waals surface area (Å²) in [6.07, 6.45) is 1.58. The molecule has 3 N–H and O–H groups in total. The minimum absolute atomic E-state index is 0.116. The van der Waals surface area contributed by atoms with Crippen molar-refractivity contribution >= 4 is 22.6 Å². The van der Waals surface area contributed by atoms with Gasteiger partial charge >= 0.3 is 0 Å². The van der Waals surface area contributed by atoms with Crippen LogP contribution in [0.25, 0.3) is 16.9 Å². The number of primary amides is 1. The Morgan fingerprint density at radius 1 is 1.23 bits per heavy atom. The van der Waals surface area contributed by atoms with E-state index in [1.54, 1.807) is 16.8 Å². The monoisotopic (exact) mass is 419 g/mol. The van der Waals surface area contributed by atoms with Crippen LogP contribution in [0, 0.1) is 12.7 Å². The lowest BCUT2D eigenvalue weighted by Crippen LogP contribution is -2.12. The minimum Gasteiger partial charge on any atom is -0.488 e. The number of carbonyl (C=O) groups excluding carboxylic acids is 1. The summed E-state index contributed by atoms with van der Waals surface area (Å²) >= 11 is 0. The van der Waals surface area contributed by atoms with Gasteiger partial charge in [-0.3, -0.25) is 9.36 Å². The number of nitrogens with zero attached hydrogens (tertiary/aromatic N) is 3. The van der Waals surface area contributed by atoms with Gasteiger partial charge in [-0.2, -0.15) is 4.98 Å². The molecule has 2 aromatic carbocycles. The Morgan fingerprint density at radius 3 is 2.71 bits per heavy atom. The molecule has 0 fully saturated rings. The van der Waals surface area contributed by atoms with Crippen LogP contribution in [-0.2, 0) is 6.54 Å². The van der Waals surface area contributed by atoms with Crippen LogP contribution in [0.3, 0.4) is 0 Å². The molecule has 0 bridgehead atoms. The number of fused-ring (bicyclic) bond motifs is 1. The molecule has 2 aromatic heterocycles. The molecule has 0 atom stereocenters. The Balaban J connectivity index is 1.80. The van der Waals surface area contributed by atoms with Crippen LogP contribution in [0.1, 0.15) is 28.5 Å². The summed E-state index contributed by atoms with van der Waals surface area (Å²) in [5, 5.41) is 3.83. The van der Waals surface area contributed by atoms with Gasteiger partial charge in [-0.25, -0.2) is 9.37 Å². The van der Waals surface area contributed by atoms with Gasteiger partial charge in [0.2, 0.25) is 11.9 Å². The fraction of sp³-hybridized carbons (Fsp3) is 0.174. The van der Waals surface area contributed by atoms with Gasteiger partial charge in [0, 0.05) is 17.6 Å². The van der Waals surface area contributed by atoms with E-state index in [0.29, 0.717) is 41.6 Å². The topological polar surface area (TPSA) is 95.1 Å². The Morgan fingerprint density at radius 2 is 2.00 bits per heavy atom. The quantitative estimate of drug-likeness (QED) is 0.473. The fourth-order valence-electron chi connectivity index (χ4n) is 3.51. The first-order chi connectivity index (χ1) is 15.0. The molecular formula is C23H22FN5O2. The zero-order valence-electron chi connectivity index (χ0n) is 17.2. The summed E-state index contributed by atoms with van der Waals surface area (Å²) in [6, 6.07) is 14.1. The van der Waals surface area contributed by atoms with Crippen molar-refractivity contribution in [2.24, 2.45) is 5.73 Å². The van der Waals surface area contributed by atoms with Gasteiger partial charge in [-0.15, -0.1) is 0 Å². The highest BCUT2D eigenvalue weighted by Gasteiger charge is 2.18. The summed E-state index contributed by atoms with van der Waals surface area (Å²) in [5.74, 6) is 0.102. The molecular weight excluding hydrogens is 397 g/mol. The van der Waals surface area contributed by atoms with Gasteiger partial charge in [-0.1, -0.05) is 30.3 Å². The first-order valence-corrected chi connectivity index (χ1v) is 9.87. The summed E-state index contributed by atoms with van der Waals surface area (Å²) in [6.45, 7) is 4.72. The Bertz CT molecular complexity index is 1250. The summed E-state index contributed by atoms with van der Waals surface area (Å²) < 4.78 is 21.6. The van der Waals surface area contributed by atoms with Gasteiger partial charge in [0.05, 0.1) is 23.9 Å².